The van der Waals surface area contributed by atoms with E-state index in [2.05, 4.69) is 23.8 Å². The van der Waals surface area contributed by atoms with E-state index < -0.39 is 0 Å². The molecule has 112 valence electrons. The van der Waals surface area contributed by atoms with Gasteiger partial charge in [0.15, 0.2) is 5.13 Å². The van der Waals surface area contributed by atoms with Gasteiger partial charge >= 0.3 is 0 Å². The summed E-state index contributed by atoms with van der Waals surface area (Å²) in [5.74, 6) is 0. The molecule has 0 bridgehead atoms. The molecule has 1 saturated heterocycles. The first-order valence-corrected chi connectivity index (χ1v) is 8.71. The first kappa shape index (κ1) is 14.3. The van der Waals surface area contributed by atoms with Gasteiger partial charge in [-0.15, -0.1) is 0 Å². The fourth-order valence-electron chi connectivity index (χ4n) is 3.41. The van der Waals surface area contributed by atoms with Crippen LogP contribution in [0, 0.1) is 0 Å². The molecule has 1 aromatic rings. The van der Waals surface area contributed by atoms with Crippen molar-refractivity contribution in [1.82, 2.24) is 9.88 Å². The van der Waals surface area contributed by atoms with E-state index in [1.54, 1.807) is 0 Å². The standard InChI is InChI=1S/C15H26N4S/c1-3-11-10-18(2)8-5-9-19(11)15-17-13-7-4-6-12(16)14(13)20-15/h11-12H,3-10,16H2,1-2H3. The molecule has 2 atom stereocenters. The van der Waals surface area contributed by atoms with Gasteiger partial charge < -0.3 is 15.5 Å². The monoisotopic (exact) mass is 294 g/mol. The van der Waals surface area contributed by atoms with Crippen LogP contribution in [0.25, 0.3) is 0 Å². The Labute approximate surface area is 126 Å². The van der Waals surface area contributed by atoms with E-state index in [4.69, 9.17) is 10.7 Å². The molecule has 0 saturated carbocycles. The van der Waals surface area contributed by atoms with Crippen LogP contribution in [0.5, 0.6) is 0 Å². The number of hydrogen-bond donors (Lipinski definition) is 1. The average molecular weight is 294 g/mol. The number of thiazole rings is 1. The van der Waals surface area contributed by atoms with Gasteiger partial charge in [-0.05, 0) is 45.7 Å². The second-order valence-corrected chi connectivity index (χ2v) is 7.19. The maximum Gasteiger partial charge on any atom is 0.186 e. The molecular formula is C15H26N4S. The molecular weight excluding hydrogens is 268 g/mol. The van der Waals surface area contributed by atoms with Crippen molar-refractivity contribution in [3.63, 3.8) is 0 Å². The molecule has 5 heteroatoms. The van der Waals surface area contributed by atoms with Gasteiger partial charge in [0.25, 0.3) is 0 Å². The Morgan fingerprint density at radius 3 is 2.95 bits per heavy atom. The quantitative estimate of drug-likeness (QED) is 0.910. The average Bonchev–Trinajstić information content (AvgIpc) is 2.77. The van der Waals surface area contributed by atoms with E-state index in [0.29, 0.717) is 6.04 Å². The van der Waals surface area contributed by atoms with Gasteiger partial charge in [0.05, 0.1) is 5.69 Å². The van der Waals surface area contributed by atoms with Crippen LogP contribution in [0.3, 0.4) is 0 Å². The highest BCUT2D eigenvalue weighted by Crippen LogP contribution is 2.37. The lowest BCUT2D eigenvalue weighted by atomic mass is 9.99. The minimum Gasteiger partial charge on any atom is -0.344 e. The zero-order valence-electron chi connectivity index (χ0n) is 12.6. The van der Waals surface area contributed by atoms with Gasteiger partial charge in [0.2, 0.25) is 0 Å². The highest BCUT2D eigenvalue weighted by molar-refractivity contribution is 7.15. The molecule has 0 amide bonds. The van der Waals surface area contributed by atoms with Crippen LogP contribution in [0.15, 0.2) is 0 Å². The third-order valence-electron chi connectivity index (χ3n) is 4.60. The zero-order valence-corrected chi connectivity index (χ0v) is 13.5. The van der Waals surface area contributed by atoms with E-state index in [-0.39, 0.29) is 6.04 Å². The zero-order chi connectivity index (χ0) is 14.1. The van der Waals surface area contributed by atoms with Crippen LogP contribution in [0.2, 0.25) is 0 Å². The van der Waals surface area contributed by atoms with E-state index in [1.807, 2.05) is 11.3 Å². The van der Waals surface area contributed by atoms with Crippen molar-refractivity contribution in [2.75, 3.05) is 31.6 Å². The molecule has 1 aromatic heterocycles. The van der Waals surface area contributed by atoms with Crippen molar-refractivity contribution in [3.05, 3.63) is 10.6 Å². The molecule has 1 aliphatic heterocycles. The van der Waals surface area contributed by atoms with Crippen molar-refractivity contribution in [1.29, 1.82) is 0 Å². The van der Waals surface area contributed by atoms with Gasteiger partial charge in [-0.2, -0.15) is 0 Å². The highest BCUT2D eigenvalue weighted by atomic mass is 32.1. The number of hydrogen-bond acceptors (Lipinski definition) is 5. The summed E-state index contributed by atoms with van der Waals surface area (Å²) in [6.45, 7) is 5.75. The number of fused-ring (bicyclic) bond motifs is 1. The first-order valence-electron chi connectivity index (χ1n) is 7.89. The van der Waals surface area contributed by atoms with Crippen LogP contribution in [-0.2, 0) is 6.42 Å². The van der Waals surface area contributed by atoms with E-state index in [9.17, 15) is 0 Å². The summed E-state index contributed by atoms with van der Waals surface area (Å²) in [5.41, 5.74) is 7.53. The van der Waals surface area contributed by atoms with Crippen molar-refractivity contribution < 1.29 is 0 Å². The summed E-state index contributed by atoms with van der Waals surface area (Å²) in [5, 5.41) is 1.22. The number of likely N-dealkylation sites (N-methyl/N-ethyl adjacent to an activating group) is 1. The molecule has 0 spiro atoms. The molecule has 1 fully saturated rings. The molecule has 4 nitrogen and oxygen atoms in total. The van der Waals surface area contributed by atoms with E-state index >= 15 is 0 Å². The third kappa shape index (κ3) is 2.71. The number of aryl methyl sites for hydroxylation is 1. The van der Waals surface area contributed by atoms with Crippen molar-refractivity contribution >= 4 is 16.5 Å². The lowest BCUT2D eigenvalue weighted by Crippen LogP contribution is -2.39. The van der Waals surface area contributed by atoms with Crippen LogP contribution in [-0.4, -0.2) is 42.6 Å². The van der Waals surface area contributed by atoms with Gasteiger partial charge in [-0.1, -0.05) is 18.3 Å². The van der Waals surface area contributed by atoms with Crippen molar-refractivity contribution in [3.8, 4) is 0 Å². The third-order valence-corrected chi connectivity index (χ3v) is 5.87. The molecule has 2 heterocycles. The lowest BCUT2D eigenvalue weighted by molar-refractivity contribution is 0.328. The Balaban J connectivity index is 1.87. The molecule has 0 aromatic carbocycles. The summed E-state index contributed by atoms with van der Waals surface area (Å²) in [6.07, 6.45) is 5.83. The molecule has 0 radical (unpaired) electrons. The Morgan fingerprint density at radius 1 is 1.35 bits per heavy atom. The first-order chi connectivity index (χ1) is 9.69. The van der Waals surface area contributed by atoms with Gasteiger partial charge in [0.1, 0.15) is 0 Å². The van der Waals surface area contributed by atoms with Gasteiger partial charge in [-0.25, -0.2) is 4.98 Å². The molecule has 1 aliphatic carbocycles. The summed E-state index contributed by atoms with van der Waals surface area (Å²) in [6, 6.07) is 0.811. The van der Waals surface area contributed by atoms with Gasteiger partial charge in [0, 0.05) is 30.1 Å². The normalized spacial score (nSPS) is 28.2. The number of anilines is 1. The van der Waals surface area contributed by atoms with Crippen LogP contribution < -0.4 is 10.6 Å². The fraction of sp³-hybridized carbons (Fsp3) is 0.800. The molecule has 2 N–H and O–H groups in total. The maximum absolute atomic E-state index is 6.25. The summed E-state index contributed by atoms with van der Waals surface area (Å²) in [4.78, 5) is 11.3. The summed E-state index contributed by atoms with van der Waals surface area (Å²) in [7, 11) is 2.23. The summed E-state index contributed by atoms with van der Waals surface area (Å²) >= 11 is 1.85. The van der Waals surface area contributed by atoms with Gasteiger partial charge in [-0.3, -0.25) is 0 Å². The maximum atomic E-state index is 6.25. The topological polar surface area (TPSA) is 45.4 Å². The van der Waals surface area contributed by atoms with Crippen molar-refractivity contribution in [2.24, 2.45) is 5.73 Å². The minimum atomic E-state index is 0.222. The molecule has 2 aliphatic rings. The predicted octanol–water partition coefficient (Wildman–Crippen LogP) is 2.40. The molecule has 3 rings (SSSR count). The number of aromatic nitrogens is 1. The number of nitrogens with two attached hydrogens (primary N) is 1. The Hall–Kier alpha value is -0.650. The Morgan fingerprint density at radius 2 is 2.20 bits per heavy atom. The van der Waals surface area contributed by atoms with Crippen LogP contribution >= 0.6 is 11.3 Å². The SMILES string of the molecule is CCC1CN(C)CCCN1c1nc2c(s1)C(N)CCC2. The lowest BCUT2D eigenvalue weighted by Gasteiger charge is -2.29. The van der Waals surface area contributed by atoms with Crippen LogP contribution in [0.4, 0.5) is 5.13 Å². The Bertz CT molecular complexity index is 459. The second kappa shape index (κ2) is 6.00. The summed E-state index contributed by atoms with van der Waals surface area (Å²) < 4.78 is 0. The van der Waals surface area contributed by atoms with Crippen LogP contribution in [0.1, 0.15) is 49.2 Å². The molecule has 2 unspecified atom stereocenters. The molecule has 20 heavy (non-hydrogen) atoms. The predicted molar refractivity (Wildman–Crippen MR) is 85.5 cm³/mol. The van der Waals surface area contributed by atoms with E-state index in [0.717, 1.165) is 25.9 Å². The highest BCUT2D eigenvalue weighted by Gasteiger charge is 2.28. The van der Waals surface area contributed by atoms with E-state index in [1.165, 1.54) is 41.5 Å². The number of nitrogens with zero attached hydrogens (tertiary/aromatic N) is 3. The fourth-order valence-corrected chi connectivity index (χ4v) is 4.65. The largest absolute Gasteiger partial charge is 0.344 e. The Kier molecular flexibility index (Phi) is 4.29. The minimum absolute atomic E-state index is 0.222. The second-order valence-electron chi connectivity index (χ2n) is 6.18. The number of rotatable bonds is 2. The smallest absolute Gasteiger partial charge is 0.186 e. The van der Waals surface area contributed by atoms with Crippen molar-refractivity contribution in [2.45, 2.75) is 51.1 Å².